The Hall–Kier alpha value is -3.42. The summed E-state index contributed by atoms with van der Waals surface area (Å²) in [5, 5.41) is 7.46. The van der Waals surface area contributed by atoms with E-state index in [0.717, 1.165) is 59.2 Å². The quantitative estimate of drug-likeness (QED) is 0.362. The molecule has 2 N–H and O–H groups in total. The van der Waals surface area contributed by atoms with E-state index in [4.69, 9.17) is 4.98 Å². The van der Waals surface area contributed by atoms with Gasteiger partial charge >= 0.3 is 0 Å². The maximum absolute atomic E-state index is 13.0. The van der Waals surface area contributed by atoms with Gasteiger partial charge in [-0.05, 0) is 54.8 Å². The van der Waals surface area contributed by atoms with Crippen LogP contribution in [0.15, 0.2) is 72.8 Å². The lowest BCUT2D eigenvalue weighted by Gasteiger charge is -2.32. The summed E-state index contributed by atoms with van der Waals surface area (Å²) in [7, 11) is 4.05. The van der Waals surface area contributed by atoms with Crippen molar-refractivity contribution in [3.8, 4) is 0 Å². The number of nitrogens with zero attached hydrogens (tertiary/aromatic N) is 3. The van der Waals surface area contributed by atoms with Gasteiger partial charge in [0.1, 0.15) is 0 Å². The van der Waals surface area contributed by atoms with Crippen LogP contribution in [0.4, 0.5) is 16.5 Å². The van der Waals surface area contributed by atoms with E-state index < -0.39 is 0 Å². The normalized spacial score (nSPS) is 14.7. The highest BCUT2D eigenvalue weighted by Crippen LogP contribution is 2.30. The molecule has 35 heavy (non-hydrogen) atoms. The van der Waals surface area contributed by atoms with Crippen molar-refractivity contribution < 1.29 is 4.79 Å². The second-order valence-corrected chi connectivity index (χ2v) is 10.3. The lowest BCUT2D eigenvalue weighted by Crippen LogP contribution is -2.44. The van der Waals surface area contributed by atoms with E-state index in [1.807, 2.05) is 44.4 Å². The van der Waals surface area contributed by atoms with Crippen LogP contribution in [0, 0.1) is 0 Å². The largest absolute Gasteiger partial charge is 0.378 e. The van der Waals surface area contributed by atoms with Crippen LogP contribution in [0.25, 0.3) is 10.2 Å². The second kappa shape index (κ2) is 10.5. The molecule has 1 fully saturated rings. The molecule has 5 rings (SSSR count). The number of hydrogen-bond acceptors (Lipinski definition) is 6. The van der Waals surface area contributed by atoms with Gasteiger partial charge in [-0.1, -0.05) is 47.7 Å². The van der Waals surface area contributed by atoms with Crippen LogP contribution < -0.4 is 15.5 Å². The first-order chi connectivity index (χ1) is 17.0. The summed E-state index contributed by atoms with van der Waals surface area (Å²) < 4.78 is 1.00. The van der Waals surface area contributed by atoms with Crippen molar-refractivity contribution in [3.05, 3.63) is 83.9 Å². The van der Waals surface area contributed by atoms with Gasteiger partial charge in [0.2, 0.25) is 0 Å². The fourth-order valence-corrected chi connectivity index (χ4v) is 5.38. The molecular weight excluding hydrogens is 454 g/mol. The van der Waals surface area contributed by atoms with Gasteiger partial charge in [0.25, 0.3) is 5.91 Å². The third kappa shape index (κ3) is 5.81. The Morgan fingerprint density at radius 2 is 1.83 bits per heavy atom. The molecule has 4 aromatic rings. The van der Waals surface area contributed by atoms with E-state index in [0.29, 0.717) is 5.56 Å². The molecule has 0 spiro atoms. The average Bonchev–Trinajstić information content (AvgIpc) is 3.27. The van der Waals surface area contributed by atoms with Crippen LogP contribution in [-0.2, 0) is 6.54 Å². The van der Waals surface area contributed by atoms with E-state index in [-0.39, 0.29) is 11.9 Å². The molecule has 2 heterocycles. The number of benzene rings is 3. The highest BCUT2D eigenvalue weighted by Gasteiger charge is 2.21. The number of fused-ring (bicyclic) bond motifs is 1. The van der Waals surface area contributed by atoms with Gasteiger partial charge in [-0.25, -0.2) is 4.98 Å². The lowest BCUT2D eigenvalue weighted by molar-refractivity contribution is 0.0909. The van der Waals surface area contributed by atoms with E-state index in [2.05, 4.69) is 62.9 Å². The van der Waals surface area contributed by atoms with E-state index in [1.165, 1.54) is 5.56 Å². The fraction of sp³-hybridized carbons (Fsp3) is 0.286. The number of thiazole rings is 1. The number of carbonyl (C=O) groups excluding carboxylic acids is 1. The van der Waals surface area contributed by atoms with E-state index in [9.17, 15) is 4.79 Å². The van der Waals surface area contributed by atoms with E-state index >= 15 is 0 Å². The smallest absolute Gasteiger partial charge is 0.251 e. The van der Waals surface area contributed by atoms with Crippen molar-refractivity contribution in [1.82, 2.24) is 15.2 Å². The van der Waals surface area contributed by atoms with Crippen LogP contribution in [0.2, 0.25) is 0 Å². The number of hydrogen-bond donors (Lipinski definition) is 2. The van der Waals surface area contributed by atoms with Crippen LogP contribution in [-0.4, -0.2) is 49.0 Å². The van der Waals surface area contributed by atoms with Gasteiger partial charge in [-0.3, -0.25) is 9.69 Å². The van der Waals surface area contributed by atoms with Crippen molar-refractivity contribution in [2.75, 3.05) is 37.4 Å². The minimum Gasteiger partial charge on any atom is -0.378 e. The lowest BCUT2D eigenvalue weighted by atomic mass is 10.0. The number of aromatic nitrogens is 1. The molecule has 0 aliphatic carbocycles. The monoisotopic (exact) mass is 485 g/mol. The minimum atomic E-state index is -0.00463. The molecule has 0 unspecified atom stereocenters. The standard InChI is InChI=1S/C28H31N5OS/c1-32(2)24-10-6-9-23(18-24)30-28-31-25-12-11-21(17-26(25)35-28)27(34)29-22-13-15-33(16-14-22)19-20-7-4-3-5-8-20/h3-12,17-18,22H,13-16,19H2,1-2H3,(H,29,34)(H,30,31). The summed E-state index contributed by atoms with van der Waals surface area (Å²) in [5.74, 6) is -0.00463. The molecule has 0 radical (unpaired) electrons. The zero-order chi connectivity index (χ0) is 24.2. The summed E-state index contributed by atoms with van der Waals surface area (Å²) in [4.78, 5) is 22.2. The Morgan fingerprint density at radius 3 is 2.60 bits per heavy atom. The summed E-state index contributed by atoms with van der Waals surface area (Å²) in [6.07, 6.45) is 1.95. The molecule has 1 aromatic heterocycles. The molecule has 180 valence electrons. The third-order valence-corrected chi connectivity index (χ3v) is 7.37. The summed E-state index contributed by atoms with van der Waals surface area (Å²) in [6, 6.07) is 24.8. The zero-order valence-electron chi connectivity index (χ0n) is 20.2. The van der Waals surface area contributed by atoms with Crippen LogP contribution in [0.3, 0.4) is 0 Å². The summed E-state index contributed by atoms with van der Waals surface area (Å²) >= 11 is 1.56. The molecule has 0 atom stereocenters. The summed E-state index contributed by atoms with van der Waals surface area (Å²) in [5.41, 5.74) is 5.04. The molecule has 0 bridgehead atoms. The van der Waals surface area contributed by atoms with Crippen molar-refractivity contribution in [2.24, 2.45) is 0 Å². The summed E-state index contributed by atoms with van der Waals surface area (Å²) in [6.45, 7) is 2.97. The van der Waals surface area contributed by atoms with Gasteiger partial charge in [0.15, 0.2) is 5.13 Å². The van der Waals surface area contributed by atoms with Crippen LogP contribution in [0.5, 0.6) is 0 Å². The Labute approximate surface area is 210 Å². The molecule has 1 saturated heterocycles. The molecule has 1 amide bonds. The number of piperidine rings is 1. The van der Waals surface area contributed by atoms with Gasteiger partial charge in [0.05, 0.1) is 10.2 Å². The van der Waals surface area contributed by atoms with Crippen molar-refractivity contribution in [3.63, 3.8) is 0 Å². The average molecular weight is 486 g/mol. The van der Waals surface area contributed by atoms with Crippen molar-refractivity contribution in [2.45, 2.75) is 25.4 Å². The van der Waals surface area contributed by atoms with Crippen LogP contribution in [0.1, 0.15) is 28.8 Å². The maximum atomic E-state index is 13.0. The van der Waals surface area contributed by atoms with Gasteiger partial charge in [-0.15, -0.1) is 0 Å². The van der Waals surface area contributed by atoms with Gasteiger partial charge in [-0.2, -0.15) is 0 Å². The number of carbonyl (C=O) groups is 1. The highest BCUT2D eigenvalue weighted by atomic mass is 32.1. The molecule has 6 nitrogen and oxygen atoms in total. The molecule has 3 aromatic carbocycles. The highest BCUT2D eigenvalue weighted by molar-refractivity contribution is 7.22. The first-order valence-corrected chi connectivity index (χ1v) is 12.9. The predicted molar refractivity (Wildman–Crippen MR) is 146 cm³/mol. The Morgan fingerprint density at radius 1 is 1.03 bits per heavy atom. The Balaban J connectivity index is 1.19. The zero-order valence-corrected chi connectivity index (χ0v) is 21.0. The molecular formula is C28H31N5OS. The van der Waals surface area contributed by atoms with Crippen LogP contribution >= 0.6 is 11.3 Å². The first-order valence-electron chi connectivity index (χ1n) is 12.1. The third-order valence-electron chi connectivity index (χ3n) is 6.44. The number of nitrogens with one attached hydrogen (secondary N) is 2. The molecule has 0 saturated carbocycles. The van der Waals surface area contributed by atoms with E-state index in [1.54, 1.807) is 11.3 Å². The number of likely N-dealkylation sites (tertiary alicyclic amines) is 1. The molecule has 7 heteroatoms. The van der Waals surface area contributed by atoms with Crippen molar-refractivity contribution in [1.29, 1.82) is 0 Å². The minimum absolute atomic E-state index is 0.00463. The first kappa shape index (κ1) is 23.3. The number of anilines is 3. The fourth-order valence-electron chi connectivity index (χ4n) is 4.45. The predicted octanol–water partition coefficient (Wildman–Crippen LogP) is 5.50. The number of amides is 1. The Bertz CT molecular complexity index is 1300. The van der Waals surface area contributed by atoms with Crippen molar-refractivity contribution >= 4 is 44.0 Å². The second-order valence-electron chi connectivity index (χ2n) is 9.28. The topological polar surface area (TPSA) is 60.5 Å². The molecule has 1 aliphatic heterocycles. The maximum Gasteiger partial charge on any atom is 0.251 e. The van der Waals surface area contributed by atoms with Gasteiger partial charge < -0.3 is 15.5 Å². The SMILES string of the molecule is CN(C)c1cccc(Nc2nc3ccc(C(=O)NC4CCN(Cc5ccccc5)CC4)cc3s2)c1. The van der Waals surface area contributed by atoms with Gasteiger partial charge in [0, 0.05) is 56.7 Å². The number of rotatable bonds is 7. The Kier molecular flexibility index (Phi) is 6.97. The molecule has 1 aliphatic rings.